The molecule has 2 atom stereocenters. The van der Waals surface area contributed by atoms with E-state index in [1.54, 1.807) is 0 Å². The molecule has 0 aliphatic heterocycles. The number of rotatable bonds is 3. The maximum atomic E-state index is 9.57. The molecule has 0 aromatic rings. The van der Waals surface area contributed by atoms with Crippen molar-refractivity contribution in [3.8, 4) is 0 Å². The molecule has 0 saturated carbocycles. The van der Waals surface area contributed by atoms with Gasteiger partial charge in [-0.25, -0.2) is 0 Å². The largest absolute Gasteiger partial charge is 1.00 e. The molecule has 50 valence electrons. The summed E-state index contributed by atoms with van der Waals surface area (Å²) < 4.78 is 38.3. The minimum Gasteiger partial charge on any atom is -0.763 e. The van der Waals surface area contributed by atoms with Crippen LogP contribution in [0.5, 0.6) is 0 Å². The van der Waals surface area contributed by atoms with Crippen LogP contribution < -0.4 is 59.1 Å². The Kier molecular flexibility index (Phi) is 22.2. The molecule has 0 aromatic carbocycles. The second kappa shape index (κ2) is 11.9. The quantitative estimate of drug-likeness (QED) is 0.277. The second-order valence-electron chi connectivity index (χ2n) is 0.544. The summed E-state index contributed by atoms with van der Waals surface area (Å²) in [5.74, 6) is 0. The fraction of sp³-hybridized carbons (Fsp3) is 0. The van der Waals surface area contributed by atoms with Gasteiger partial charge in [0, 0.05) is 39.9 Å². The van der Waals surface area contributed by atoms with Crippen molar-refractivity contribution in [2.24, 2.45) is 0 Å². The molecule has 0 aliphatic carbocycles. The van der Waals surface area contributed by atoms with Crippen molar-refractivity contribution in [3.05, 3.63) is 0 Å². The van der Waals surface area contributed by atoms with Crippen LogP contribution >= 0.6 is 19.7 Å². The van der Waals surface area contributed by atoms with E-state index in [9.17, 15) is 17.5 Å². The molecule has 0 rings (SSSR count). The topological polar surface area (TPSA) is 80.3 Å². The van der Waals surface area contributed by atoms with Gasteiger partial charge in [0.25, 0.3) is 0 Å². The SMILES string of the molecule is O=S([O-])SSS(=O)[O-].[Na+].[Na+]. The van der Waals surface area contributed by atoms with E-state index in [4.69, 9.17) is 0 Å². The van der Waals surface area contributed by atoms with Crippen LogP contribution in [-0.2, 0) is 20.2 Å². The van der Waals surface area contributed by atoms with Crippen LogP contribution in [-0.4, -0.2) is 17.5 Å². The predicted molar refractivity (Wildman–Crippen MR) is 33.0 cm³/mol. The number of hydrogen-bond acceptors (Lipinski definition) is 6. The third-order valence-corrected chi connectivity index (χ3v) is 5.25. The molecule has 0 N–H and O–H groups in total. The summed E-state index contributed by atoms with van der Waals surface area (Å²) in [5, 5.41) is 0. The van der Waals surface area contributed by atoms with Gasteiger partial charge in [0.1, 0.15) is 0 Å². The molecule has 0 amide bonds. The summed E-state index contributed by atoms with van der Waals surface area (Å²) in [4.78, 5) is 0. The molecular weight excluding hydrogens is 238 g/mol. The summed E-state index contributed by atoms with van der Waals surface area (Å²) in [5.41, 5.74) is 0. The van der Waals surface area contributed by atoms with Crippen molar-refractivity contribution in [1.29, 1.82) is 0 Å². The Labute approximate surface area is 114 Å². The van der Waals surface area contributed by atoms with Crippen LogP contribution in [0.25, 0.3) is 0 Å². The van der Waals surface area contributed by atoms with Gasteiger partial charge >= 0.3 is 59.1 Å². The zero-order valence-electron chi connectivity index (χ0n) is 5.27. The van der Waals surface area contributed by atoms with E-state index in [0.29, 0.717) is 0 Å². The van der Waals surface area contributed by atoms with Crippen molar-refractivity contribution in [3.63, 3.8) is 0 Å². The fourth-order valence-corrected chi connectivity index (χ4v) is 3.67. The van der Waals surface area contributed by atoms with Crippen LogP contribution in [0.4, 0.5) is 0 Å². The molecule has 0 aliphatic rings. The van der Waals surface area contributed by atoms with Gasteiger partial charge in [0.05, 0.1) is 0 Å². The van der Waals surface area contributed by atoms with Crippen LogP contribution in [0.2, 0.25) is 0 Å². The molecule has 4 nitrogen and oxygen atoms in total. The van der Waals surface area contributed by atoms with Gasteiger partial charge in [-0.3, -0.25) is 8.42 Å². The molecule has 0 radical (unpaired) electrons. The molecule has 2 unspecified atom stereocenters. The Balaban J connectivity index is -0.000000245. The van der Waals surface area contributed by atoms with Gasteiger partial charge < -0.3 is 9.11 Å². The predicted octanol–water partition coefficient (Wildman–Crippen LogP) is -6.04. The van der Waals surface area contributed by atoms with Crippen molar-refractivity contribution in [2.75, 3.05) is 0 Å². The zero-order valence-corrected chi connectivity index (χ0v) is 12.5. The van der Waals surface area contributed by atoms with Crippen LogP contribution in [0.3, 0.4) is 0 Å². The molecule has 10 heteroatoms. The zero-order chi connectivity index (χ0) is 6.57. The van der Waals surface area contributed by atoms with Gasteiger partial charge in [-0.1, -0.05) is 0 Å². The first-order valence-corrected chi connectivity index (χ1v) is 6.50. The van der Waals surface area contributed by atoms with E-state index < -0.39 is 20.2 Å². The normalized spacial score (nSPS) is 14.2. The maximum Gasteiger partial charge on any atom is 1.00 e. The Hall–Kier alpha value is 2.92. The van der Waals surface area contributed by atoms with Gasteiger partial charge in [0.15, 0.2) is 0 Å². The summed E-state index contributed by atoms with van der Waals surface area (Å²) in [7, 11) is -4.18. The van der Waals surface area contributed by atoms with Crippen LogP contribution in [0, 0.1) is 0 Å². The average molecular weight is 238 g/mol. The molecule has 0 spiro atoms. The first kappa shape index (κ1) is 18.7. The Morgan fingerprint density at radius 2 is 1.10 bits per heavy atom. The summed E-state index contributed by atoms with van der Waals surface area (Å²) in [6, 6.07) is 0. The van der Waals surface area contributed by atoms with E-state index >= 15 is 0 Å². The van der Waals surface area contributed by atoms with E-state index in [-0.39, 0.29) is 78.8 Å². The van der Waals surface area contributed by atoms with E-state index in [1.807, 2.05) is 0 Å². The standard InChI is InChI=1S/2Na.H2O4S4/c;;1-7(2)5-6-8(3)4/h;;(H,1,2)(H,3,4)/q2*+1;/p-2. The van der Waals surface area contributed by atoms with Gasteiger partial charge in [-0.2, -0.15) is 0 Å². The summed E-state index contributed by atoms with van der Waals surface area (Å²) in [6.07, 6.45) is 0. The second-order valence-corrected chi connectivity index (χ2v) is 6.53. The molecule has 0 fully saturated rings. The molecular formula is Na2O4S4. The number of hydrogen-bond donors (Lipinski definition) is 0. The Bertz CT molecular complexity index is 99.8. The maximum absolute atomic E-state index is 9.57. The smallest absolute Gasteiger partial charge is 0.763 e. The first-order valence-electron chi connectivity index (χ1n) is 1.17. The van der Waals surface area contributed by atoms with Crippen molar-refractivity contribution in [2.45, 2.75) is 0 Å². The van der Waals surface area contributed by atoms with Gasteiger partial charge in [-0.05, 0) is 0 Å². The van der Waals surface area contributed by atoms with Crippen LogP contribution in [0.15, 0.2) is 0 Å². The minimum atomic E-state index is -2.35. The molecule has 0 aromatic heterocycles. The van der Waals surface area contributed by atoms with Crippen molar-refractivity contribution < 1.29 is 76.6 Å². The third kappa shape index (κ3) is 17.1. The van der Waals surface area contributed by atoms with Crippen LogP contribution in [0.1, 0.15) is 0 Å². The molecule has 0 saturated heterocycles. The summed E-state index contributed by atoms with van der Waals surface area (Å²) >= 11 is 0. The van der Waals surface area contributed by atoms with E-state index in [1.165, 1.54) is 0 Å². The van der Waals surface area contributed by atoms with Gasteiger partial charge in [-0.15, -0.1) is 0 Å². The molecule has 0 bridgehead atoms. The summed E-state index contributed by atoms with van der Waals surface area (Å²) in [6.45, 7) is 0. The average Bonchev–Trinajstić information content (AvgIpc) is 1.61. The first-order chi connectivity index (χ1) is 3.63. The molecule has 10 heavy (non-hydrogen) atoms. The van der Waals surface area contributed by atoms with Gasteiger partial charge in [0.2, 0.25) is 0 Å². The Morgan fingerprint density at radius 3 is 1.20 bits per heavy atom. The minimum absolute atomic E-state index is 0. The fourth-order valence-electron chi connectivity index (χ4n) is 0.0454. The molecule has 0 heterocycles. The van der Waals surface area contributed by atoms with E-state index in [0.717, 1.165) is 0 Å². The monoisotopic (exact) mass is 238 g/mol. The van der Waals surface area contributed by atoms with Crippen molar-refractivity contribution >= 4 is 39.9 Å². The van der Waals surface area contributed by atoms with E-state index in [2.05, 4.69) is 0 Å². The third-order valence-electron chi connectivity index (χ3n) is 0.139. The Morgan fingerprint density at radius 1 is 0.900 bits per heavy atom. The van der Waals surface area contributed by atoms with Crippen molar-refractivity contribution in [1.82, 2.24) is 0 Å².